The van der Waals surface area contributed by atoms with E-state index in [-0.39, 0.29) is 10.6 Å². The summed E-state index contributed by atoms with van der Waals surface area (Å²) in [6.07, 6.45) is 2.50. The second-order valence-electron chi connectivity index (χ2n) is 4.75. The fourth-order valence-electron chi connectivity index (χ4n) is 2.13. The quantitative estimate of drug-likeness (QED) is 0.478. The number of nitro groups is 1. The predicted molar refractivity (Wildman–Crippen MR) is 87.8 cm³/mol. The van der Waals surface area contributed by atoms with Crippen LogP contribution in [-0.2, 0) is 13.0 Å². The summed E-state index contributed by atoms with van der Waals surface area (Å²) >= 11 is 5.16. The Morgan fingerprint density at radius 1 is 1.43 bits per heavy atom. The van der Waals surface area contributed by atoms with Crippen LogP contribution in [0.1, 0.15) is 21.7 Å². The van der Waals surface area contributed by atoms with Gasteiger partial charge in [0.1, 0.15) is 0 Å². The van der Waals surface area contributed by atoms with Crippen molar-refractivity contribution in [2.24, 2.45) is 0 Å². The molecule has 0 saturated carbocycles. The molecule has 0 aliphatic carbocycles. The Hall–Kier alpha value is -1.31. The van der Waals surface area contributed by atoms with E-state index in [1.54, 1.807) is 31.4 Å². The summed E-state index contributed by atoms with van der Waals surface area (Å²) in [5.41, 5.74) is 2.15. The first-order valence-corrected chi connectivity index (χ1v) is 8.14. The number of aromatic nitrogens is 1. The zero-order chi connectivity index (χ0) is 15.4. The van der Waals surface area contributed by atoms with E-state index in [1.807, 2.05) is 6.07 Å². The highest BCUT2D eigenvalue weighted by Crippen LogP contribution is 2.24. The normalized spacial score (nSPS) is 10.8. The molecule has 0 spiro atoms. The monoisotopic (exact) mass is 369 g/mol. The topological polar surface area (TPSA) is 68.1 Å². The van der Waals surface area contributed by atoms with E-state index in [0.29, 0.717) is 17.7 Å². The van der Waals surface area contributed by atoms with Crippen LogP contribution in [0.15, 0.2) is 22.1 Å². The number of hydrogen-bond acceptors (Lipinski definition) is 5. The van der Waals surface area contributed by atoms with Crippen molar-refractivity contribution in [3.05, 3.63) is 53.9 Å². The molecule has 0 atom stereocenters. The van der Waals surface area contributed by atoms with E-state index in [2.05, 4.69) is 32.3 Å². The number of aryl methyl sites for hydroxylation is 1. The predicted octanol–water partition coefficient (Wildman–Crippen LogP) is 3.76. The number of pyridine rings is 1. The average molecular weight is 370 g/mol. The Bertz CT molecular complexity index is 658. The number of nitrogens with one attached hydrogen (secondary N) is 1. The summed E-state index contributed by atoms with van der Waals surface area (Å²) in [7, 11) is 0. The highest BCUT2D eigenvalue weighted by atomic mass is 79.9. The van der Waals surface area contributed by atoms with Gasteiger partial charge in [0.2, 0.25) is 0 Å². The van der Waals surface area contributed by atoms with Crippen LogP contribution in [0.4, 0.5) is 5.69 Å². The van der Waals surface area contributed by atoms with Gasteiger partial charge >= 0.3 is 0 Å². The van der Waals surface area contributed by atoms with Gasteiger partial charge in [0.25, 0.3) is 5.69 Å². The molecule has 0 amide bonds. The molecule has 2 heterocycles. The Morgan fingerprint density at radius 3 is 2.81 bits per heavy atom. The summed E-state index contributed by atoms with van der Waals surface area (Å²) in [6, 6.07) is 4.13. The highest BCUT2D eigenvalue weighted by molar-refractivity contribution is 9.11. The van der Waals surface area contributed by atoms with Crippen LogP contribution in [0, 0.1) is 24.0 Å². The third-order valence-corrected chi connectivity index (χ3v) is 4.91. The molecule has 0 fully saturated rings. The van der Waals surface area contributed by atoms with Crippen LogP contribution < -0.4 is 5.32 Å². The number of hydrogen-bond donors (Lipinski definition) is 1. The zero-order valence-electron chi connectivity index (χ0n) is 11.9. The van der Waals surface area contributed by atoms with Gasteiger partial charge in [-0.2, -0.15) is 0 Å². The molecular formula is C14H16BrN3O2S. The van der Waals surface area contributed by atoms with Gasteiger partial charge in [-0.1, -0.05) is 0 Å². The van der Waals surface area contributed by atoms with Gasteiger partial charge in [-0.3, -0.25) is 15.1 Å². The minimum Gasteiger partial charge on any atom is -0.311 e. The van der Waals surface area contributed by atoms with E-state index in [1.165, 1.54) is 4.88 Å². The lowest BCUT2D eigenvalue weighted by atomic mass is 10.1. The smallest absolute Gasteiger partial charge is 0.278 e. The van der Waals surface area contributed by atoms with Crippen LogP contribution >= 0.6 is 27.3 Å². The minimum atomic E-state index is -0.334. The lowest BCUT2D eigenvalue weighted by molar-refractivity contribution is -0.386. The van der Waals surface area contributed by atoms with Crippen LogP contribution in [0.3, 0.4) is 0 Å². The maximum atomic E-state index is 11.1. The molecule has 7 heteroatoms. The number of rotatable bonds is 6. The van der Waals surface area contributed by atoms with Crippen LogP contribution in [-0.4, -0.2) is 16.5 Å². The zero-order valence-corrected chi connectivity index (χ0v) is 14.3. The fraction of sp³-hybridized carbons (Fsp3) is 0.357. The van der Waals surface area contributed by atoms with Gasteiger partial charge in [0.05, 0.1) is 14.4 Å². The van der Waals surface area contributed by atoms with Crippen molar-refractivity contribution in [3.8, 4) is 0 Å². The standard InChI is InChI=1S/C14H16BrN3O2S/c1-9-7-17-12(10(2)14(9)18(19)20)8-16-6-5-11-3-4-13(15)21-11/h3-4,7,16H,5-6,8H2,1-2H3. The van der Waals surface area contributed by atoms with Crippen LogP contribution in [0.5, 0.6) is 0 Å². The Kier molecular flexibility index (Phi) is 5.44. The summed E-state index contributed by atoms with van der Waals surface area (Å²) in [6.45, 7) is 4.82. The summed E-state index contributed by atoms with van der Waals surface area (Å²) in [5, 5.41) is 14.4. The molecule has 5 nitrogen and oxygen atoms in total. The van der Waals surface area contributed by atoms with Crippen molar-refractivity contribution in [1.29, 1.82) is 0 Å². The van der Waals surface area contributed by atoms with Crippen molar-refractivity contribution < 1.29 is 4.92 Å². The van der Waals surface area contributed by atoms with Gasteiger partial charge in [0, 0.05) is 35.3 Å². The highest BCUT2D eigenvalue weighted by Gasteiger charge is 2.18. The van der Waals surface area contributed by atoms with E-state index >= 15 is 0 Å². The van der Waals surface area contributed by atoms with Gasteiger partial charge in [-0.15, -0.1) is 11.3 Å². The molecule has 1 N–H and O–H groups in total. The van der Waals surface area contributed by atoms with Crippen molar-refractivity contribution in [1.82, 2.24) is 10.3 Å². The first-order chi connectivity index (χ1) is 9.99. The van der Waals surface area contributed by atoms with E-state index in [0.717, 1.165) is 22.4 Å². The molecule has 2 rings (SSSR count). The second kappa shape index (κ2) is 7.11. The molecule has 0 unspecified atom stereocenters. The molecule has 21 heavy (non-hydrogen) atoms. The lowest BCUT2D eigenvalue weighted by Crippen LogP contribution is -2.18. The molecule has 2 aromatic rings. The lowest BCUT2D eigenvalue weighted by Gasteiger charge is -2.08. The minimum absolute atomic E-state index is 0.170. The maximum Gasteiger partial charge on any atom is 0.278 e. The van der Waals surface area contributed by atoms with Crippen molar-refractivity contribution >= 4 is 33.0 Å². The van der Waals surface area contributed by atoms with E-state index in [9.17, 15) is 10.1 Å². The number of halogens is 1. The summed E-state index contributed by atoms with van der Waals surface area (Å²) in [5.74, 6) is 0. The average Bonchev–Trinajstić information content (AvgIpc) is 2.82. The Morgan fingerprint density at radius 2 is 2.19 bits per heavy atom. The molecule has 0 aromatic carbocycles. The van der Waals surface area contributed by atoms with Crippen molar-refractivity contribution in [2.75, 3.05) is 6.54 Å². The van der Waals surface area contributed by atoms with E-state index in [4.69, 9.17) is 0 Å². The maximum absolute atomic E-state index is 11.1. The third-order valence-electron chi connectivity index (χ3n) is 3.23. The molecule has 112 valence electrons. The molecule has 0 saturated heterocycles. The molecule has 0 bridgehead atoms. The third kappa shape index (κ3) is 4.09. The molecule has 2 aromatic heterocycles. The van der Waals surface area contributed by atoms with Gasteiger partial charge < -0.3 is 5.32 Å². The first kappa shape index (κ1) is 16.1. The molecule has 0 aliphatic rings. The van der Waals surface area contributed by atoms with Gasteiger partial charge in [-0.25, -0.2) is 0 Å². The molecular weight excluding hydrogens is 354 g/mol. The summed E-state index contributed by atoms with van der Waals surface area (Å²) in [4.78, 5) is 16.3. The molecule has 0 radical (unpaired) electrons. The van der Waals surface area contributed by atoms with Crippen molar-refractivity contribution in [3.63, 3.8) is 0 Å². The number of nitrogens with zero attached hydrogens (tertiary/aromatic N) is 2. The largest absolute Gasteiger partial charge is 0.311 e. The number of thiophene rings is 1. The van der Waals surface area contributed by atoms with Gasteiger partial charge in [-0.05, 0) is 48.3 Å². The van der Waals surface area contributed by atoms with Crippen LogP contribution in [0.2, 0.25) is 0 Å². The fourth-order valence-corrected chi connectivity index (χ4v) is 3.61. The van der Waals surface area contributed by atoms with E-state index < -0.39 is 0 Å². The second-order valence-corrected chi connectivity index (χ2v) is 7.30. The molecule has 0 aliphatic heterocycles. The Balaban J connectivity index is 1.94. The first-order valence-electron chi connectivity index (χ1n) is 6.53. The summed E-state index contributed by atoms with van der Waals surface area (Å²) < 4.78 is 1.13. The SMILES string of the molecule is Cc1cnc(CNCCc2ccc(Br)s2)c(C)c1[N+](=O)[O-]. The van der Waals surface area contributed by atoms with Crippen LogP contribution in [0.25, 0.3) is 0 Å². The Labute approximate surface area is 135 Å². The van der Waals surface area contributed by atoms with Crippen molar-refractivity contribution in [2.45, 2.75) is 26.8 Å². The van der Waals surface area contributed by atoms with Gasteiger partial charge in [0.15, 0.2) is 0 Å².